The number of ether oxygens (including phenoxy) is 1. The highest BCUT2D eigenvalue weighted by atomic mass is 16.5. The van der Waals surface area contributed by atoms with Crippen molar-refractivity contribution in [2.75, 3.05) is 12.5 Å². The molecule has 0 aliphatic carbocycles. The summed E-state index contributed by atoms with van der Waals surface area (Å²) in [4.78, 5) is 13.3. The van der Waals surface area contributed by atoms with Crippen LogP contribution in [0.2, 0.25) is 0 Å². The van der Waals surface area contributed by atoms with Crippen molar-refractivity contribution in [1.29, 1.82) is 0 Å². The van der Waals surface area contributed by atoms with E-state index in [1.54, 1.807) is 13.2 Å². The molecule has 0 saturated carbocycles. The number of pyridine rings is 1. The summed E-state index contributed by atoms with van der Waals surface area (Å²) in [6.45, 7) is 6.25. The summed E-state index contributed by atoms with van der Waals surface area (Å²) in [7, 11) is 1.57. The Morgan fingerprint density at radius 3 is 2.50 bits per heavy atom. The van der Waals surface area contributed by atoms with Gasteiger partial charge in [0.1, 0.15) is 11.5 Å². The van der Waals surface area contributed by atoms with Gasteiger partial charge in [0.05, 0.1) is 12.8 Å². The highest BCUT2D eigenvalue weighted by Crippen LogP contribution is 2.25. The summed E-state index contributed by atoms with van der Waals surface area (Å²) >= 11 is 0. The number of nitrogens with one attached hydrogen (secondary N) is 1. The summed E-state index contributed by atoms with van der Waals surface area (Å²) in [5.74, 6) is 7.08. The van der Waals surface area contributed by atoms with Crippen LogP contribution in [0, 0.1) is 0 Å². The standard InChI is InChI=1S/C14H19N5O/c1-14(2,3)10-8-11(19-15)18-13(17-10)9-6-5-7-12(16-9)20-4/h5-8H,15H2,1-4H3,(H,17,18,19). The molecule has 0 aliphatic heterocycles. The van der Waals surface area contributed by atoms with Crippen LogP contribution in [-0.2, 0) is 5.41 Å². The van der Waals surface area contributed by atoms with Crippen LogP contribution in [0.3, 0.4) is 0 Å². The molecular formula is C14H19N5O. The van der Waals surface area contributed by atoms with E-state index >= 15 is 0 Å². The van der Waals surface area contributed by atoms with E-state index in [0.29, 0.717) is 23.2 Å². The Labute approximate surface area is 118 Å². The number of nitrogen functional groups attached to an aromatic ring is 1. The van der Waals surface area contributed by atoms with Gasteiger partial charge in [0, 0.05) is 17.5 Å². The minimum absolute atomic E-state index is 0.109. The monoisotopic (exact) mass is 273 g/mol. The summed E-state index contributed by atoms with van der Waals surface area (Å²) < 4.78 is 5.12. The quantitative estimate of drug-likeness (QED) is 0.658. The number of hydrazine groups is 1. The van der Waals surface area contributed by atoms with Crippen molar-refractivity contribution in [2.24, 2.45) is 5.84 Å². The maximum Gasteiger partial charge on any atom is 0.213 e. The number of rotatable bonds is 3. The Kier molecular flexibility index (Phi) is 3.85. The molecule has 0 spiro atoms. The highest BCUT2D eigenvalue weighted by molar-refractivity contribution is 5.54. The second kappa shape index (κ2) is 5.42. The average molecular weight is 273 g/mol. The van der Waals surface area contributed by atoms with E-state index in [2.05, 4.69) is 41.1 Å². The van der Waals surface area contributed by atoms with Gasteiger partial charge in [-0.05, 0) is 6.07 Å². The lowest BCUT2D eigenvalue weighted by atomic mass is 9.92. The Hall–Kier alpha value is -2.21. The Balaban J connectivity index is 2.55. The van der Waals surface area contributed by atoms with Gasteiger partial charge in [-0.1, -0.05) is 26.8 Å². The van der Waals surface area contributed by atoms with Crippen LogP contribution in [0.15, 0.2) is 24.3 Å². The molecule has 6 heteroatoms. The maximum absolute atomic E-state index is 5.48. The van der Waals surface area contributed by atoms with E-state index in [0.717, 1.165) is 5.69 Å². The first-order valence-electron chi connectivity index (χ1n) is 6.31. The van der Waals surface area contributed by atoms with Crippen molar-refractivity contribution in [3.8, 4) is 17.4 Å². The van der Waals surface area contributed by atoms with Crippen LogP contribution in [0.1, 0.15) is 26.5 Å². The first-order valence-corrected chi connectivity index (χ1v) is 6.31. The molecule has 6 nitrogen and oxygen atoms in total. The van der Waals surface area contributed by atoms with Crippen molar-refractivity contribution in [1.82, 2.24) is 15.0 Å². The minimum Gasteiger partial charge on any atom is -0.481 e. The number of hydrogen-bond acceptors (Lipinski definition) is 6. The molecular weight excluding hydrogens is 254 g/mol. The predicted molar refractivity (Wildman–Crippen MR) is 78.3 cm³/mol. The molecule has 2 aromatic rings. The number of anilines is 1. The van der Waals surface area contributed by atoms with Gasteiger partial charge in [0.2, 0.25) is 5.88 Å². The zero-order valence-corrected chi connectivity index (χ0v) is 12.1. The van der Waals surface area contributed by atoms with Gasteiger partial charge < -0.3 is 10.2 Å². The summed E-state index contributed by atoms with van der Waals surface area (Å²) in [6.07, 6.45) is 0. The molecule has 0 radical (unpaired) electrons. The average Bonchev–Trinajstić information content (AvgIpc) is 2.46. The molecule has 0 atom stereocenters. The van der Waals surface area contributed by atoms with Gasteiger partial charge in [0.15, 0.2) is 5.82 Å². The van der Waals surface area contributed by atoms with E-state index in [-0.39, 0.29) is 5.41 Å². The zero-order valence-electron chi connectivity index (χ0n) is 12.1. The van der Waals surface area contributed by atoms with Crippen molar-refractivity contribution in [2.45, 2.75) is 26.2 Å². The van der Waals surface area contributed by atoms with E-state index in [9.17, 15) is 0 Å². The molecule has 2 aromatic heterocycles. The Morgan fingerprint density at radius 2 is 1.90 bits per heavy atom. The van der Waals surface area contributed by atoms with Crippen molar-refractivity contribution in [3.63, 3.8) is 0 Å². The molecule has 0 saturated heterocycles. The first kappa shape index (κ1) is 14.2. The number of nitrogens with two attached hydrogens (primary N) is 1. The molecule has 0 amide bonds. The Bertz CT molecular complexity index is 607. The van der Waals surface area contributed by atoms with E-state index in [1.807, 2.05) is 18.2 Å². The van der Waals surface area contributed by atoms with Crippen LogP contribution in [0.25, 0.3) is 11.5 Å². The molecule has 2 heterocycles. The van der Waals surface area contributed by atoms with Crippen molar-refractivity contribution < 1.29 is 4.74 Å². The van der Waals surface area contributed by atoms with Crippen LogP contribution in [0.4, 0.5) is 5.82 Å². The Morgan fingerprint density at radius 1 is 1.15 bits per heavy atom. The largest absolute Gasteiger partial charge is 0.481 e. The van der Waals surface area contributed by atoms with Crippen LogP contribution in [0.5, 0.6) is 5.88 Å². The number of aromatic nitrogens is 3. The predicted octanol–water partition coefficient (Wildman–Crippen LogP) is 2.13. The topological polar surface area (TPSA) is 86.0 Å². The summed E-state index contributed by atoms with van der Waals surface area (Å²) in [5.41, 5.74) is 3.99. The van der Waals surface area contributed by atoms with Crippen LogP contribution < -0.4 is 16.0 Å². The SMILES string of the molecule is COc1cccc(-c2nc(NN)cc(C(C)(C)C)n2)n1. The van der Waals surface area contributed by atoms with Gasteiger partial charge in [-0.3, -0.25) is 0 Å². The third kappa shape index (κ3) is 3.03. The van der Waals surface area contributed by atoms with Crippen molar-refractivity contribution >= 4 is 5.82 Å². The van der Waals surface area contributed by atoms with E-state index in [4.69, 9.17) is 10.6 Å². The van der Waals surface area contributed by atoms with Crippen LogP contribution >= 0.6 is 0 Å². The summed E-state index contributed by atoms with van der Waals surface area (Å²) in [6, 6.07) is 7.30. The number of nitrogens with zero attached hydrogens (tertiary/aromatic N) is 3. The molecule has 0 fully saturated rings. The van der Waals surface area contributed by atoms with Crippen molar-refractivity contribution in [3.05, 3.63) is 30.0 Å². The first-order chi connectivity index (χ1) is 9.44. The second-order valence-electron chi connectivity index (χ2n) is 5.42. The lowest BCUT2D eigenvalue weighted by Crippen LogP contribution is -2.17. The van der Waals surface area contributed by atoms with Gasteiger partial charge in [0.25, 0.3) is 0 Å². The maximum atomic E-state index is 5.48. The van der Waals surface area contributed by atoms with Gasteiger partial charge in [-0.25, -0.2) is 20.8 Å². The second-order valence-corrected chi connectivity index (χ2v) is 5.42. The molecule has 20 heavy (non-hydrogen) atoms. The zero-order chi connectivity index (χ0) is 14.8. The number of methoxy groups -OCH3 is 1. The molecule has 0 aromatic carbocycles. The lowest BCUT2D eigenvalue weighted by molar-refractivity contribution is 0.398. The smallest absolute Gasteiger partial charge is 0.213 e. The highest BCUT2D eigenvalue weighted by Gasteiger charge is 2.19. The lowest BCUT2D eigenvalue weighted by Gasteiger charge is -2.19. The minimum atomic E-state index is -0.109. The summed E-state index contributed by atoms with van der Waals surface area (Å²) in [5, 5.41) is 0. The van der Waals surface area contributed by atoms with Gasteiger partial charge >= 0.3 is 0 Å². The third-order valence-corrected chi connectivity index (χ3v) is 2.80. The van der Waals surface area contributed by atoms with E-state index < -0.39 is 0 Å². The third-order valence-electron chi connectivity index (χ3n) is 2.80. The molecule has 0 bridgehead atoms. The molecule has 3 N–H and O–H groups in total. The van der Waals surface area contributed by atoms with E-state index in [1.165, 1.54) is 0 Å². The molecule has 2 rings (SSSR count). The number of hydrogen-bond donors (Lipinski definition) is 2. The normalized spacial score (nSPS) is 11.2. The molecule has 0 aliphatic rings. The van der Waals surface area contributed by atoms with Gasteiger partial charge in [-0.15, -0.1) is 0 Å². The fourth-order valence-corrected chi connectivity index (χ4v) is 1.67. The molecule has 0 unspecified atom stereocenters. The van der Waals surface area contributed by atoms with Crippen LogP contribution in [-0.4, -0.2) is 22.1 Å². The fraction of sp³-hybridized carbons (Fsp3) is 0.357. The van der Waals surface area contributed by atoms with Gasteiger partial charge in [-0.2, -0.15) is 0 Å². The fourth-order valence-electron chi connectivity index (χ4n) is 1.67. The molecule has 106 valence electrons.